The second-order valence-electron chi connectivity index (χ2n) is 5.12. The molecule has 4 rings (SSSR count). The maximum Gasteiger partial charge on any atom is 0.366 e. The van der Waals surface area contributed by atoms with Crippen molar-refractivity contribution in [3.05, 3.63) is 42.1 Å². The van der Waals surface area contributed by atoms with E-state index in [0.29, 0.717) is 5.39 Å². The summed E-state index contributed by atoms with van der Waals surface area (Å²) in [7, 11) is 0. The van der Waals surface area contributed by atoms with Crippen LogP contribution >= 0.6 is 23.5 Å². The predicted molar refractivity (Wildman–Crippen MR) is 90.2 cm³/mol. The van der Waals surface area contributed by atoms with E-state index in [2.05, 4.69) is 5.16 Å². The van der Waals surface area contributed by atoms with Crippen LogP contribution in [0.2, 0.25) is 0 Å². The average Bonchev–Trinajstić information content (AvgIpc) is 3.17. The quantitative estimate of drug-likeness (QED) is 0.526. The van der Waals surface area contributed by atoms with E-state index in [9.17, 15) is 14.7 Å². The van der Waals surface area contributed by atoms with E-state index < -0.39 is 16.5 Å². The first-order valence-electron chi connectivity index (χ1n) is 7.02. The van der Waals surface area contributed by atoms with Gasteiger partial charge in [-0.2, -0.15) is 0 Å². The minimum atomic E-state index is -0.901. The Morgan fingerprint density at radius 2 is 1.92 bits per heavy atom. The van der Waals surface area contributed by atoms with E-state index in [0.717, 1.165) is 9.79 Å². The number of carboxylic acids is 1. The van der Waals surface area contributed by atoms with Crippen LogP contribution in [0, 0.1) is 0 Å². The fourth-order valence-electron chi connectivity index (χ4n) is 2.33. The predicted octanol–water partition coefficient (Wildman–Crippen LogP) is 3.36. The molecule has 2 aromatic carbocycles. The Kier molecular flexibility index (Phi) is 3.81. The van der Waals surface area contributed by atoms with Crippen LogP contribution in [-0.2, 0) is 4.79 Å². The first-order chi connectivity index (χ1) is 12.0. The molecule has 1 aromatic heterocycles. The lowest BCUT2D eigenvalue weighted by molar-refractivity contribution is -0.134. The zero-order chi connectivity index (χ0) is 17.6. The van der Waals surface area contributed by atoms with Crippen molar-refractivity contribution in [1.29, 1.82) is 0 Å². The molecule has 1 unspecified atom stereocenters. The summed E-state index contributed by atoms with van der Waals surface area (Å²) in [6.45, 7) is 0. The Morgan fingerprint density at radius 3 is 2.72 bits per heavy atom. The maximum absolute atomic E-state index is 12.3. The van der Waals surface area contributed by atoms with Gasteiger partial charge in [0.15, 0.2) is 15.9 Å². The van der Waals surface area contributed by atoms with Crippen LogP contribution in [0.25, 0.3) is 11.0 Å². The van der Waals surface area contributed by atoms with Gasteiger partial charge in [-0.3, -0.25) is 4.79 Å². The van der Waals surface area contributed by atoms with Crippen LogP contribution in [-0.4, -0.2) is 31.9 Å². The topological polar surface area (TPSA) is 110 Å². The molecule has 25 heavy (non-hydrogen) atoms. The number of phenols is 1. The summed E-state index contributed by atoms with van der Waals surface area (Å²) in [6, 6.07) is 9.24. The third kappa shape index (κ3) is 2.92. The summed E-state index contributed by atoms with van der Waals surface area (Å²) < 4.78 is 9.74. The fourth-order valence-corrected chi connectivity index (χ4v) is 4.78. The molecule has 0 amide bonds. The second-order valence-corrected chi connectivity index (χ2v) is 7.71. The number of aliphatic carboxylic acids is 1. The standard InChI is InChI=1S/C16H9NO6S2/c18-7-1-3-9-10(5-7)23-17-13(9)15(21)22-8-2-4-11-12(6-8)25-16(24-11)14(19)20/h1-6,16,18H,(H,19,20). The summed E-state index contributed by atoms with van der Waals surface area (Å²) in [5, 5.41) is 22.6. The highest BCUT2D eigenvalue weighted by molar-refractivity contribution is 8.20. The maximum atomic E-state index is 12.3. The monoisotopic (exact) mass is 375 g/mol. The van der Waals surface area contributed by atoms with Crippen molar-refractivity contribution in [1.82, 2.24) is 5.16 Å². The smallest absolute Gasteiger partial charge is 0.366 e. The zero-order valence-corrected chi connectivity index (χ0v) is 14.0. The van der Waals surface area contributed by atoms with Crippen molar-refractivity contribution in [2.45, 2.75) is 14.4 Å². The molecule has 0 aliphatic carbocycles. The molecule has 0 bridgehead atoms. The van der Waals surface area contributed by atoms with E-state index in [-0.39, 0.29) is 22.8 Å². The first-order valence-corrected chi connectivity index (χ1v) is 8.78. The van der Waals surface area contributed by atoms with E-state index in [1.54, 1.807) is 18.2 Å². The number of fused-ring (bicyclic) bond motifs is 2. The lowest BCUT2D eigenvalue weighted by atomic mass is 10.2. The second kappa shape index (κ2) is 6.01. The Hall–Kier alpha value is -2.65. The van der Waals surface area contributed by atoms with E-state index in [1.165, 1.54) is 41.7 Å². The molecule has 3 aromatic rings. The Labute approximate surface area is 148 Å². The van der Waals surface area contributed by atoms with Gasteiger partial charge in [-0.1, -0.05) is 28.7 Å². The number of esters is 1. The van der Waals surface area contributed by atoms with Gasteiger partial charge >= 0.3 is 11.9 Å². The fraction of sp³-hybridized carbons (Fsp3) is 0.0625. The van der Waals surface area contributed by atoms with Gasteiger partial charge in [-0.05, 0) is 30.3 Å². The summed E-state index contributed by atoms with van der Waals surface area (Å²) in [5.41, 5.74) is 0.276. The molecular weight excluding hydrogens is 366 g/mol. The lowest BCUT2D eigenvalue weighted by Crippen LogP contribution is -2.09. The molecule has 126 valence electrons. The lowest BCUT2D eigenvalue weighted by Gasteiger charge is -2.04. The van der Waals surface area contributed by atoms with Crippen LogP contribution in [0.5, 0.6) is 11.5 Å². The molecule has 0 spiro atoms. The molecule has 7 nitrogen and oxygen atoms in total. The molecule has 2 heterocycles. The summed E-state index contributed by atoms with van der Waals surface area (Å²) in [4.78, 5) is 25.0. The number of carbonyl (C=O) groups excluding carboxylic acids is 1. The van der Waals surface area contributed by atoms with Crippen LogP contribution in [0.15, 0.2) is 50.7 Å². The van der Waals surface area contributed by atoms with Gasteiger partial charge < -0.3 is 19.5 Å². The number of aromatic nitrogens is 1. The largest absolute Gasteiger partial charge is 0.508 e. The number of aromatic hydroxyl groups is 1. The number of nitrogens with zero attached hydrogens (tertiary/aromatic N) is 1. The SMILES string of the molecule is O=C(Oc1ccc2c(c1)SC(C(=O)O)S2)c1noc2cc(O)ccc12. The molecule has 0 radical (unpaired) electrons. The number of phenolic OH excluding ortho intramolecular Hbond substituents is 1. The molecule has 9 heteroatoms. The van der Waals surface area contributed by atoms with Gasteiger partial charge in [0.2, 0.25) is 0 Å². The van der Waals surface area contributed by atoms with Crippen molar-refractivity contribution in [2.75, 3.05) is 0 Å². The molecule has 1 aliphatic heterocycles. The zero-order valence-electron chi connectivity index (χ0n) is 12.3. The van der Waals surface area contributed by atoms with Crippen LogP contribution < -0.4 is 4.74 Å². The third-order valence-electron chi connectivity index (χ3n) is 3.44. The summed E-state index contributed by atoms with van der Waals surface area (Å²) in [6.07, 6.45) is 0. The number of carbonyl (C=O) groups is 2. The molecule has 1 atom stereocenters. The molecule has 0 fully saturated rings. The van der Waals surface area contributed by atoms with Crippen LogP contribution in [0.1, 0.15) is 10.5 Å². The normalized spacial score (nSPS) is 15.9. The van der Waals surface area contributed by atoms with Gasteiger partial charge in [-0.25, -0.2) is 4.79 Å². The van der Waals surface area contributed by atoms with E-state index in [1.807, 2.05) is 0 Å². The highest BCUT2D eigenvalue weighted by Gasteiger charge is 2.29. The number of ether oxygens (including phenoxy) is 1. The minimum absolute atomic E-state index is 0.000869. The number of hydrogen-bond donors (Lipinski definition) is 2. The van der Waals surface area contributed by atoms with E-state index >= 15 is 0 Å². The molecule has 2 N–H and O–H groups in total. The van der Waals surface area contributed by atoms with Crippen molar-refractivity contribution in [2.24, 2.45) is 0 Å². The van der Waals surface area contributed by atoms with Gasteiger partial charge in [-0.15, -0.1) is 0 Å². The number of hydrogen-bond acceptors (Lipinski definition) is 8. The number of thioether (sulfide) groups is 2. The highest BCUT2D eigenvalue weighted by Crippen LogP contribution is 2.49. The third-order valence-corrected chi connectivity index (χ3v) is 6.18. The van der Waals surface area contributed by atoms with E-state index in [4.69, 9.17) is 14.4 Å². The minimum Gasteiger partial charge on any atom is -0.508 e. The first kappa shape index (κ1) is 15.9. The number of carboxylic acid groups (broad SMARTS) is 1. The number of rotatable bonds is 3. The average molecular weight is 375 g/mol. The Bertz CT molecular complexity index is 1020. The van der Waals surface area contributed by atoms with Crippen molar-refractivity contribution in [3.63, 3.8) is 0 Å². The summed E-state index contributed by atoms with van der Waals surface area (Å²) >= 11 is 2.44. The molecule has 0 saturated heterocycles. The van der Waals surface area contributed by atoms with Gasteiger partial charge in [0, 0.05) is 15.9 Å². The van der Waals surface area contributed by atoms with Crippen molar-refractivity contribution in [3.8, 4) is 11.5 Å². The Balaban J connectivity index is 1.57. The Morgan fingerprint density at radius 1 is 1.12 bits per heavy atom. The van der Waals surface area contributed by atoms with Gasteiger partial charge in [0.1, 0.15) is 11.5 Å². The molecular formula is C16H9NO6S2. The van der Waals surface area contributed by atoms with Gasteiger partial charge in [0.25, 0.3) is 0 Å². The van der Waals surface area contributed by atoms with Crippen molar-refractivity contribution < 1.29 is 29.1 Å². The summed E-state index contributed by atoms with van der Waals surface area (Å²) in [5.74, 6) is -1.31. The van der Waals surface area contributed by atoms with Gasteiger partial charge in [0.05, 0.1) is 5.39 Å². The highest BCUT2D eigenvalue weighted by atomic mass is 32.2. The van der Waals surface area contributed by atoms with Crippen LogP contribution in [0.3, 0.4) is 0 Å². The van der Waals surface area contributed by atoms with Crippen molar-refractivity contribution >= 4 is 46.4 Å². The molecule has 0 saturated carbocycles. The number of benzene rings is 2. The van der Waals surface area contributed by atoms with Crippen LogP contribution in [0.4, 0.5) is 0 Å². The molecule has 1 aliphatic rings.